The number of aromatic nitrogens is 3. The zero-order chi connectivity index (χ0) is 24.7. The van der Waals surface area contributed by atoms with Crippen LogP contribution in [0.1, 0.15) is 36.0 Å². The van der Waals surface area contributed by atoms with Crippen LogP contribution in [0.25, 0.3) is 0 Å². The Hall–Kier alpha value is -3.10. The summed E-state index contributed by atoms with van der Waals surface area (Å²) in [6.07, 6.45) is 5.67. The monoisotopic (exact) mass is 480 g/mol. The minimum Gasteiger partial charge on any atom is -0.493 e. The number of aryl methyl sites for hydroxylation is 2. The second-order valence-corrected chi connectivity index (χ2v) is 9.45. The minimum absolute atomic E-state index is 0.319. The number of rotatable bonds is 10. The van der Waals surface area contributed by atoms with Gasteiger partial charge in [0, 0.05) is 13.1 Å². The maximum Gasteiger partial charge on any atom is 0.161 e. The van der Waals surface area contributed by atoms with Crippen molar-refractivity contribution in [2.75, 3.05) is 33.4 Å². The third-order valence-corrected chi connectivity index (χ3v) is 6.54. The van der Waals surface area contributed by atoms with Gasteiger partial charge in [0.05, 0.1) is 19.3 Å². The van der Waals surface area contributed by atoms with Crippen molar-refractivity contribution in [2.24, 2.45) is 0 Å². The van der Waals surface area contributed by atoms with Gasteiger partial charge in [-0.1, -0.05) is 23.8 Å². The van der Waals surface area contributed by atoms with E-state index in [1.807, 2.05) is 35.8 Å². The van der Waals surface area contributed by atoms with Crippen molar-refractivity contribution < 1.29 is 19.3 Å². The highest BCUT2D eigenvalue weighted by atomic mass is 16.5. The Morgan fingerprint density at radius 2 is 1.74 bits per heavy atom. The molecule has 0 aliphatic carbocycles. The standard InChI is InChI=1S/C27H36N4O4/c1-21-5-7-24(22(2)15-21)35-18-27(32)9-4-11-30(12-10-27)17-23-6-8-25(26(16-23)33-3)34-14-13-31-19-28-29-20-31/h5-8,15-16,19-20,32H,4,9-14,17-18H2,1-3H3/t27-/m1/s1. The van der Waals surface area contributed by atoms with Gasteiger partial charge in [0.2, 0.25) is 0 Å². The molecule has 8 nitrogen and oxygen atoms in total. The quantitative estimate of drug-likeness (QED) is 0.473. The Balaban J connectivity index is 1.29. The van der Waals surface area contributed by atoms with Crippen LogP contribution in [0, 0.1) is 13.8 Å². The van der Waals surface area contributed by atoms with Gasteiger partial charge in [0.1, 0.15) is 31.6 Å². The highest BCUT2D eigenvalue weighted by Crippen LogP contribution is 2.30. The fourth-order valence-corrected chi connectivity index (χ4v) is 4.50. The fourth-order valence-electron chi connectivity index (χ4n) is 4.50. The molecule has 35 heavy (non-hydrogen) atoms. The van der Waals surface area contributed by atoms with Gasteiger partial charge in [0.15, 0.2) is 11.5 Å². The average Bonchev–Trinajstić information content (AvgIpc) is 3.29. The summed E-state index contributed by atoms with van der Waals surface area (Å²) in [5, 5.41) is 18.8. The van der Waals surface area contributed by atoms with Crippen LogP contribution >= 0.6 is 0 Å². The zero-order valence-corrected chi connectivity index (χ0v) is 20.9. The van der Waals surface area contributed by atoms with Crippen molar-refractivity contribution in [3.63, 3.8) is 0 Å². The highest BCUT2D eigenvalue weighted by Gasteiger charge is 2.31. The van der Waals surface area contributed by atoms with Crippen LogP contribution in [-0.2, 0) is 13.1 Å². The van der Waals surface area contributed by atoms with Crippen LogP contribution in [0.5, 0.6) is 17.2 Å². The van der Waals surface area contributed by atoms with E-state index in [2.05, 4.69) is 34.2 Å². The van der Waals surface area contributed by atoms with E-state index in [-0.39, 0.29) is 0 Å². The molecule has 0 bridgehead atoms. The number of likely N-dealkylation sites (tertiary alicyclic amines) is 1. The summed E-state index contributed by atoms with van der Waals surface area (Å²) in [4.78, 5) is 2.39. The van der Waals surface area contributed by atoms with Gasteiger partial charge in [0.25, 0.3) is 0 Å². The number of ether oxygens (including phenoxy) is 3. The lowest BCUT2D eigenvalue weighted by Crippen LogP contribution is -2.37. The minimum atomic E-state index is -0.813. The molecule has 1 aliphatic rings. The molecule has 3 aromatic rings. The van der Waals surface area contributed by atoms with Crippen LogP contribution < -0.4 is 14.2 Å². The van der Waals surface area contributed by atoms with Gasteiger partial charge in [-0.05, 0) is 69.0 Å². The van der Waals surface area contributed by atoms with Gasteiger partial charge in [-0.15, -0.1) is 10.2 Å². The molecule has 1 N–H and O–H groups in total. The third-order valence-electron chi connectivity index (χ3n) is 6.54. The molecule has 1 aromatic heterocycles. The molecule has 4 rings (SSSR count). The summed E-state index contributed by atoms with van der Waals surface area (Å²) in [6.45, 7) is 8.15. The van der Waals surface area contributed by atoms with E-state index in [1.54, 1.807) is 19.8 Å². The first-order valence-electron chi connectivity index (χ1n) is 12.2. The molecule has 0 radical (unpaired) electrons. The Labute approximate surface area is 207 Å². The Morgan fingerprint density at radius 1 is 0.943 bits per heavy atom. The van der Waals surface area contributed by atoms with E-state index in [4.69, 9.17) is 14.2 Å². The smallest absolute Gasteiger partial charge is 0.161 e. The maximum absolute atomic E-state index is 11.2. The zero-order valence-electron chi connectivity index (χ0n) is 20.9. The lowest BCUT2D eigenvalue weighted by molar-refractivity contribution is -0.0170. The molecule has 0 amide bonds. The van der Waals surface area contributed by atoms with Gasteiger partial charge >= 0.3 is 0 Å². The molecule has 1 saturated heterocycles. The average molecular weight is 481 g/mol. The van der Waals surface area contributed by atoms with Crippen LogP contribution in [0.15, 0.2) is 49.1 Å². The van der Waals surface area contributed by atoms with Gasteiger partial charge in [-0.3, -0.25) is 4.90 Å². The summed E-state index contributed by atoms with van der Waals surface area (Å²) in [5.74, 6) is 2.29. The van der Waals surface area contributed by atoms with Gasteiger partial charge < -0.3 is 23.9 Å². The second kappa shape index (κ2) is 11.6. The molecular weight excluding hydrogens is 444 g/mol. The normalized spacial score (nSPS) is 18.7. The molecule has 2 aromatic carbocycles. The largest absolute Gasteiger partial charge is 0.493 e. The number of hydrogen-bond acceptors (Lipinski definition) is 7. The van der Waals surface area contributed by atoms with Crippen LogP contribution in [0.2, 0.25) is 0 Å². The first-order chi connectivity index (χ1) is 16.9. The predicted molar refractivity (Wildman–Crippen MR) is 134 cm³/mol. The lowest BCUT2D eigenvalue weighted by Gasteiger charge is -2.27. The summed E-state index contributed by atoms with van der Waals surface area (Å²) in [6, 6.07) is 12.2. The van der Waals surface area contributed by atoms with E-state index < -0.39 is 5.60 Å². The topological polar surface area (TPSA) is 81.9 Å². The van der Waals surface area contributed by atoms with Crippen molar-refractivity contribution in [3.05, 3.63) is 65.7 Å². The second-order valence-electron chi connectivity index (χ2n) is 9.45. The van der Waals surface area contributed by atoms with Crippen molar-refractivity contribution in [2.45, 2.75) is 51.8 Å². The van der Waals surface area contributed by atoms with Crippen molar-refractivity contribution in [3.8, 4) is 17.2 Å². The van der Waals surface area contributed by atoms with Gasteiger partial charge in [-0.2, -0.15) is 0 Å². The fraction of sp³-hybridized carbons (Fsp3) is 0.481. The third kappa shape index (κ3) is 6.96. The highest BCUT2D eigenvalue weighted by molar-refractivity contribution is 5.43. The van der Waals surface area contributed by atoms with Crippen LogP contribution in [0.4, 0.5) is 0 Å². The molecular formula is C27H36N4O4. The molecule has 0 saturated carbocycles. The van der Waals surface area contributed by atoms with Crippen LogP contribution in [-0.4, -0.2) is 63.8 Å². The van der Waals surface area contributed by atoms with E-state index in [0.29, 0.717) is 26.2 Å². The van der Waals surface area contributed by atoms with E-state index in [1.165, 1.54) is 5.56 Å². The Kier molecular flexibility index (Phi) is 8.25. The molecule has 0 spiro atoms. The number of methoxy groups -OCH3 is 1. The maximum atomic E-state index is 11.2. The molecule has 0 unspecified atom stereocenters. The Morgan fingerprint density at radius 3 is 2.51 bits per heavy atom. The number of aliphatic hydroxyl groups is 1. The molecule has 1 atom stereocenters. The first-order valence-corrected chi connectivity index (χ1v) is 12.2. The Bertz CT molecular complexity index is 1090. The summed E-state index contributed by atoms with van der Waals surface area (Å²) in [5.41, 5.74) is 2.66. The summed E-state index contributed by atoms with van der Waals surface area (Å²) < 4.78 is 19.4. The van der Waals surface area contributed by atoms with Crippen molar-refractivity contribution >= 4 is 0 Å². The van der Waals surface area contributed by atoms with Crippen LogP contribution in [0.3, 0.4) is 0 Å². The number of benzene rings is 2. The molecule has 188 valence electrons. The lowest BCUT2D eigenvalue weighted by atomic mass is 9.96. The molecule has 1 aliphatic heterocycles. The first kappa shape index (κ1) is 25.0. The van der Waals surface area contributed by atoms with Crippen molar-refractivity contribution in [1.82, 2.24) is 19.7 Å². The summed E-state index contributed by atoms with van der Waals surface area (Å²) >= 11 is 0. The number of nitrogens with zero attached hydrogens (tertiary/aromatic N) is 4. The van der Waals surface area contributed by atoms with E-state index >= 15 is 0 Å². The molecule has 8 heteroatoms. The molecule has 1 fully saturated rings. The summed E-state index contributed by atoms with van der Waals surface area (Å²) in [7, 11) is 1.66. The SMILES string of the molecule is COc1cc(CN2CCC[C@](O)(COc3ccc(C)cc3C)CC2)ccc1OCCn1cnnc1. The van der Waals surface area contributed by atoms with Gasteiger partial charge in [-0.25, -0.2) is 0 Å². The van der Waals surface area contributed by atoms with E-state index in [0.717, 1.165) is 60.9 Å². The predicted octanol–water partition coefficient (Wildman–Crippen LogP) is 3.78. The van der Waals surface area contributed by atoms with Crippen molar-refractivity contribution in [1.29, 1.82) is 0 Å². The molecule has 2 heterocycles. The van der Waals surface area contributed by atoms with E-state index in [9.17, 15) is 5.11 Å². The number of hydrogen-bond donors (Lipinski definition) is 1.